The summed E-state index contributed by atoms with van der Waals surface area (Å²) < 4.78 is 10.7. The first-order valence-corrected chi connectivity index (χ1v) is 7.15. The standard InChI is InChI=1S/C14H25N3O2/c1-12(2)7-13(17-3-5-18-6-4-17)8-15-9-14-10-16-11-19-14/h10-13,15H,3-9H2,1-2H3. The topological polar surface area (TPSA) is 50.5 Å². The van der Waals surface area contributed by atoms with E-state index in [0.29, 0.717) is 12.0 Å². The van der Waals surface area contributed by atoms with Crippen LogP contribution in [0.5, 0.6) is 0 Å². The number of morpholine rings is 1. The molecular formula is C14H25N3O2. The molecule has 1 aromatic heterocycles. The fraction of sp³-hybridized carbons (Fsp3) is 0.786. The minimum atomic E-state index is 0.576. The summed E-state index contributed by atoms with van der Waals surface area (Å²) in [6.07, 6.45) is 4.45. The Morgan fingerprint density at radius 3 is 2.79 bits per heavy atom. The zero-order valence-electron chi connectivity index (χ0n) is 12.0. The summed E-state index contributed by atoms with van der Waals surface area (Å²) >= 11 is 0. The van der Waals surface area contributed by atoms with E-state index >= 15 is 0 Å². The average molecular weight is 267 g/mol. The molecule has 1 atom stereocenters. The molecule has 108 valence electrons. The second kappa shape index (κ2) is 7.62. The molecule has 1 aliphatic heterocycles. The van der Waals surface area contributed by atoms with Gasteiger partial charge in [0, 0.05) is 25.7 Å². The molecule has 1 N–H and O–H groups in total. The zero-order chi connectivity index (χ0) is 13.5. The number of oxazole rings is 1. The molecule has 1 unspecified atom stereocenters. The van der Waals surface area contributed by atoms with Crippen molar-refractivity contribution in [2.75, 3.05) is 32.8 Å². The Balaban J connectivity index is 1.79. The molecular weight excluding hydrogens is 242 g/mol. The van der Waals surface area contributed by atoms with Crippen LogP contribution in [0.1, 0.15) is 26.0 Å². The number of nitrogens with one attached hydrogen (secondary N) is 1. The SMILES string of the molecule is CC(C)CC(CNCc1cnco1)N1CCOCC1. The minimum absolute atomic E-state index is 0.576. The van der Waals surface area contributed by atoms with E-state index in [1.54, 1.807) is 6.20 Å². The van der Waals surface area contributed by atoms with Crippen LogP contribution >= 0.6 is 0 Å². The largest absolute Gasteiger partial charge is 0.447 e. The van der Waals surface area contributed by atoms with Gasteiger partial charge in [0.1, 0.15) is 5.76 Å². The summed E-state index contributed by atoms with van der Waals surface area (Å²) in [6.45, 7) is 10.1. The van der Waals surface area contributed by atoms with Crippen molar-refractivity contribution in [3.63, 3.8) is 0 Å². The van der Waals surface area contributed by atoms with Crippen LogP contribution in [0.2, 0.25) is 0 Å². The predicted molar refractivity (Wildman–Crippen MR) is 73.8 cm³/mol. The van der Waals surface area contributed by atoms with Gasteiger partial charge in [-0.15, -0.1) is 0 Å². The fourth-order valence-electron chi connectivity index (χ4n) is 2.54. The molecule has 2 rings (SSSR count). The number of aromatic nitrogens is 1. The van der Waals surface area contributed by atoms with Crippen molar-refractivity contribution in [1.82, 2.24) is 15.2 Å². The van der Waals surface area contributed by atoms with Gasteiger partial charge in [0.2, 0.25) is 0 Å². The lowest BCUT2D eigenvalue weighted by Gasteiger charge is -2.35. The van der Waals surface area contributed by atoms with Crippen LogP contribution in [-0.4, -0.2) is 48.8 Å². The molecule has 1 aliphatic rings. The maximum absolute atomic E-state index is 5.43. The molecule has 0 saturated carbocycles. The molecule has 1 saturated heterocycles. The highest BCUT2D eigenvalue weighted by Gasteiger charge is 2.21. The van der Waals surface area contributed by atoms with Crippen LogP contribution in [0.15, 0.2) is 17.0 Å². The van der Waals surface area contributed by atoms with E-state index in [4.69, 9.17) is 9.15 Å². The predicted octanol–water partition coefficient (Wildman–Crippen LogP) is 1.51. The first-order chi connectivity index (χ1) is 9.25. The Labute approximate surface area is 115 Å². The van der Waals surface area contributed by atoms with Crippen LogP contribution in [0.25, 0.3) is 0 Å². The molecule has 5 nitrogen and oxygen atoms in total. The van der Waals surface area contributed by atoms with Crippen molar-refractivity contribution in [3.8, 4) is 0 Å². The zero-order valence-corrected chi connectivity index (χ0v) is 12.0. The lowest BCUT2D eigenvalue weighted by molar-refractivity contribution is 0.0122. The molecule has 5 heteroatoms. The quantitative estimate of drug-likeness (QED) is 0.811. The van der Waals surface area contributed by atoms with Crippen molar-refractivity contribution in [2.24, 2.45) is 5.92 Å². The van der Waals surface area contributed by atoms with Crippen LogP contribution in [0.3, 0.4) is 0 Å². The second-order valence-corrected chi connectivity index (χ2v) is 5.53. The first kappa shape index (κ1) is 14.5. The molecule has 0 bridgehead atoms. The summed E-state index contributed by atoms with van der Waals surface area (Å²) in [6, 6.07) is 0.576. The van der Waals surface area contributed by atoms with Crippen molar-refractivity contribution >= 4 is 0 Å². The van der Waals surface area contributed by atoms with Gasteiger partial charge < -0.3 is 14.5 Å². The molecule has 0 spiro atoms. The van der Waals surface area contributed by atoms with E-state index in [2.05, 4.69) is 29.0 Å². The molecule has 0 aliphatic carbocycles. The van der Waals surface area contributed by atoms with Crippen molar-refractivity contribution in [3.05, 3.63) is 18.4 Å². The molecule has 0 aromatic carbocycles. The van der Waals surface area contributed by atoms with Crippen molar-refractivity contribution < 1.29 is 9.15 Å². The number of hydrogen-bond acceptors (Lipinski definition) is 5. The number of nitrogens with zero attached hydrogens (tertiary/aromatic N) is 2. The lowest BCUT2D eigenvalue weighted by atomic mass is 10.0. The van der Waals surface area contributed by atoms with Crippen molar-refractivity contribution in [1.29, 1.82) is 0 Å². The molecule has 2 heterocycles. The highest BCUT2D eigenvalue weighted by Crippen LogP contribution is 2.13. The van der Waals surface area contributed by atoms with E-state index < -0.39 is 0 Å². The van der Waals surface area contributed by atoms with Gasteiger partial charge in [-0.25, -0.2) is 4.98 Å². The number of ether oxygens (including phenoxy) is 1. The summed E-state index contributed by atoms with van der Waals surface area (Å²) in [5.74, 6) is 1.60. The van der Waals surface area contributed by atoms with Gasteiger partial charge >= 0.3 is 0 Å². The number of rotatable bonds is 7. The van der Waals surface area contributed by atoms with E-state index in [1.807, 2.05) is 0 Å². The lowest BCUT2D eigenvalue weighted by Crippen LogP contribution is -2.48. The second-order valence-electron chi connectivity index (χ2n) is 5.53. The summed E-state index contributed by atoms with van der Waals surface area (Å²) in [4.78, 5) is 6.46. The van der Waals surface area contributed by atoms with Gasteiger partial charge in [-0.2, -0.15) is 0 Å². The molecule has 1 aromatic rings. The normalized spacial score (nSPS) is 18.9. The molecule has 19 heavy (non-hydrogen) atoms. The van der Waals surface area contributed by atoms with Gasteiger partial charge in [0.05, 0.1) is 26.0 Å². The van der Waals surface area contributed by atoms with Crippen molar-refractivity contribution in [2.45, 2.75) is 32.9 Å². The molecule has 1 fully saturated rings. The van der Waals surface area contributed by atoms with E-state index in [1.165, 1.54) is 12.8 Å². The monoisotopic (exact) mass is 267 g/mol. The van der Waals surface area contributed by atoms with E-state index in [-0.39, 0.29) is 0 Å². The summed E-state index contributed by atoms with van der Waals surface area (Å²) in [7, 11) is 0. The Morgan fingerprint density at radius 2 is 2.16 bits per heavy atom. The van der Waals surface area contributed by atoms with Crippen LogP contribution < -0.4 is 5.32 Å². The Bertz CT molecular complexity index is 334. The molecule has 0 radical (unpaired) electrons. The highest BCUT2D eigenvalue weighted by molar-refractivity contribution is 4.88. The Kier molecular flexibility index (Phi) is 5.82. The number of hydrogen-bond donors (Lipinski definition) is 1. The van der Waals surface area contributed by atoms with Crippen LogP contribution in [0, 0.1) is 5.92 Å². The van der Waals surface area contributed by atoms with Gasteiger partial charge in [-0.05, 0) is 12.3 Å². The van der Waals surface area contributed by atoms with Crippen LogP contribution in [-0.2, 0) is 11.3 Å². The third-order valence-electron chi connectivity index (χ3n) is 3.47. The highest BCUT2D eigenvalue weighted by atomic mass is 16.5. The smallest absolute Gasteiger partial charge is 0.180 e. The first-order valence-electron chi connectivity index (χ1n) is 7.15. The Morgan fingerprint density at radius 1 is 1.37 bits per heavy atom. The van der Waals surface area contributed by atoms with Gasteiger partial charge in [-0.1, -0.05) is 13.8 Å². The average Bonchev–Trinajstić information content (AvgIpc) is 2.91. The fourth-order valence-corrected chi connectivity index (χ4v) is 2.54. The third kappa shape index (κ3) is 4.93. The Hall–Kier alpha value is -0.910. The summed E-state index contributed by atoms with van der Waals surface area (Å²) in [5.41, 5.74) is 0. The van der Waals surface area contributed by atoms with Gasteiger partial charge in [0.25, 0.3) is 0 Å². The van der Waals surface area contributed by atoms with E-state index in [0.717, 1.165) is 45.2 Å². The third-order valence-corrected chi connectivity index (χ3v) is 3.47. The maximum Gasteiger partial charge on any atom is 0.180 e. The minimum Gasteiger partial charge on any atom is -0.447 e. The maximum atomic E-state index is 5.43. The van der Waals surface area contributed by atoms with Gasteiger partial charge in [-0.3, -0.25) is 4.90 Å². The van der Waals surface area contributed by atoms with Crippen LogP contribution in [0.4, 0.5) is 0 Å². The molecule has 0 amide bonds. The summed E-state index contributed by atoms with van der Waals surface area (Å²) in [5, 5.41) is 3.47. The van der Waals surface area contributed by atoms with Gasteiger partial charge in [0.15, 0.2) is 6.39 Å². The van der Waals surface area contributed by atoms with E-state index in [9.17, 15) is 0 Å².